The van der Waals surface area contributed by atoms with Gasteiger partial charge in [-0.25, -0.2) is 4.79 Å². The number of carbonyl (C=O) groups is 2. The Kier molecular flexibility index (Phi) is 8.76. The second-order valence-electron chi connectivity index (χ2n) is 11.5. The van der Waals surface area contributed by atoms with Crippen LogP contribution in [0.15, 0.2) is 84.9 Å². The third kappa shape index (κ3) is 7.07. The third-order valence-electron chi connectivity index (χ3n) is 6.93. The number of ether oxygens (including phenoxy) is 2. The summed E-state index contributed by atoms with van der Waals surface area (Å²) in [6.45, 7) is 10.6. The van der Waals surface area contributed by atoms with Crippen molar-refractivity contribution < 1.29 is 19.1 Å². The molecule has 0 N–H and O–H groups in total. The molecular weight excluding hydrogens is 488 g/mol. The van der Waals surface area contributed by atoms with Crippen molar-refractivity contribution in [3.05, 3.63) is 102 Å². The van der Waals surface area contributed by atoms with E-state index in [-0.39, 0.29) is 30.5 Å². The zero-order chi connectivity index (χ0) is 28.2. The highest BCUT2D eigenvalue weighted by Gasteiger charge is 2.55. The van der Waals surface area contributed by atoms with Crippen LogP contribution in [0, 0.1) is 5.92 Å². The van der Waals surface area contributed by atoms with Crippen LogP contribution in [0.25, 0.3) is 0 Å². The van der Waals surface area contributed by atoms with Crippen LogP contribution in [0.2, 0.25) is 0 Å². The van der Waals surface area contributed by atoms with Crippen LogP contribution < -0.4 is 4.90 Å². The number of nitrogens with zero attached hydrogens (tertiary/aromatic N) is 2. The van der Waals surface area contributed by atoms with Crippen LogP contribution in [0.5, 0.6) is 0 Å². The summed E-state index contributed by atoms with van der Waals surface area (Å²) >= 11 is 0. The molecule has 206 valence electrons. The minimum absolute atomic E-state index is 0.00704. The van der Waals surface area contributed by atoms with Crippen molar-refractivity contribution in [3.63, 3.8) is 0 Å². The van der Waals surface area contributed by atoms with Crippen molar-refractivity contribution in [3.8, 4) is 0 Å². The minimum Gasteiger partial charge on any atom is -0.459 e. The minimum atomic E-state index is -0.579. The number of anilines is 1. The number of esters is 2. The number of hydrogen-bond acceptors (Lipinski definition) is 6. The molecule has 0 spiro atoms. The molecular formula is C33H40N2O4. The summed E-state index contributed by atoms with van der Waals surface area (Å²) in [6.07, 6.45) is 0. The molecule has 1 fully saturated rings. The molecule has 2 unspecified atom stereocenters. The highest BCUT2D eigenvalue weighted by Crippen LogP contribution is 2.48. The molecule has 0 aromatic heterocycles. The molecule has 3 aromatic rings. The predicted molar refractivity (Wildman–Crippen MR) is 154 cm³/mol. The van der Waals surface area contributed by atoms with Crippen molar-refractivity contribution in [1.29, 1.82) is 0 Å². The Bertz CT molecular complexity index is 1250. The van der Waals surface area contributed by atoms with Crippen LogP contribution in [0.3, 0.4) is 0 Å². The van der Waals surface area contributed by atoms with E-state index in [2.05, 4.69) is 17.0 Å². The summed E-state index contributed by atoms with van der Waals surface area (Å²) in [7, 11) is 1.93. The van der Waals surface area contributed by atoms with E-state index in [9.17, 15) is 9.59 Å². The van der Waals surface area contributed by atoms with Gasteiger partial charge in [0.05, 0.1) is 6.04 Å². The lowest BCUT2D eigenvalue weighted by atomic mass is 9.99. The Hall–Kier alpha value is -3.64. The molecule has 3 aromatic carbocycles. The molecule has 0 amide bonds. The molecule has 1 aliphatic heterocycles. The summed E-state index contributed by atoms with van der Waals surface area (Å²) in [6, 6.07) is 26.8. The summed E-state index contributed by atoms with van der Waals surface area (Å²) in [5.74, 6) is -0.497. The molecule has 0 bridgehead atoms. The topological polar surface area (TPSA) is 58.9 Å². The Morgan fingerprint density at radius 3 is 2.03 bits per heavy atom. The van der Waals surface area contributed by atoms with Crippen molar-refractivity contribution in [2.75, 3.05) is 11.9 Å². The van der Waals surface area contributed by atoms with Gasteiger partial charge in [-0.1, -0.05) is 92.7 Å². The van der Waals surface area contributed by atoms with Crippen LogP contribution in [0.1, 0.15) is 57.4 Å². The van der Waals surface area contributed by atoms with Gasteiger partial charge in [0, 0.05) is 19.3 Å². The Morgan fingerprint density at radius 2 is 1.44 bits per heavy atom. The van der Waals surface area contributed by atoms with Crippen molar-refractivity contribution in [2.24, 2.45) is 5.92 Å². The van der Waals surface area contributed by atoms with Gasteiger partial charge in [0.2, 0.25) is 0 Å². The van der Waals surface area contributed by atoms with Gasteiger partial charge < -0.3 is 14.4 Å². The lowest BCUT2D eigenvalue weighted by molar-refractivity contribution is -0.155. The maximum atomic E-state index is 13.4. The van der Waals surface area contributed by atoms with E-state index < -0.39 is 17.7 Å². The van der Waals surface area contributed by atoms with Gasteiger partial charge in [0.1, 0.15) is 24.3 Å². The standard InChI is InChI=1S/C33H40N2O4/c1-23(2)28(31(36)38-22-25-17-11-8-12-18-25)34(6)27-20-14-13-19-26(27)29-30(32(37)39-33(3,4)5)35(29)21-24-15-9-7-10-16-24/h7-20,23,28-30H,21-22H2,1-6H3/t28-,29?,30-,35?/m0/s1. The highest BCUT2D eigenvalue weighted by atomic mass is 16.6. The first kappa shape index (κ1) is 28.4. The van der Waals surface area contributed by atoms with E-state index in [0.29, 0.717) is 6.54 Å². The molecule has 4 rings (SSSR count). The average Bonchev–Trinajstić information content (AvgIpc) is 3.61. The predicted octanol–water partition coefficient (Wildman–Crippen LogP) is 6.16. The van der Waals surface area contributed by atoms with E-state index in [1.807, 2.05) is 119 Å². The normalized spacial score (nSPS) is 19.3. The van der Waals surface area contributed by atoms with Crippen molar-refractivity contribution >= 4 is 17.6 Å². The summed E-state index contributed by atoms with van der Waals surface area (Å²) in [4.78, 5) is 30.8. The fourth-order valence-electron chi connectivity index (χ4n) is 5.14. The van der Waals surface area contributed by atoms with Gasteiger partial charge in [0.15, 0.2) is 0 Å². The quantitative estimate of drug-likeness (QED) is 0.232. The molecule has 1 aliphatic rings. The molecule has 0 aliphatic carbocycles. The highest BCUT2D eigenvalue weighted by molar-refractivity contribution is 5.84. The largest absolute Gasteiger partial charge is 0.459 e. The Balaban J connectivity index is 1.60. The van der Waals surface area contributed by atoms with Gasteiger partial charge in [-0.3, -0.25) is 9.69 Å². The monoisotopic (exact) mass is 528 g/mol. The fourth-order valence-corrected chi connectivity index (χ4v) is 5.14. The first-order valence-electron chi connectivity index (χ1n) is 13.6. The molecule has 0 radical (unpaired) electrons. The number of benzene rings is 3. The van der Waals surface area contributed by atoms with Gasteiger partial charge in [-0.15, -0.1) is 0 Å². The third-order valence-corrected chi connectivity index (χ3v) is 6.93. The average molecular weight is 529 g/mol. The zero-order valence-electron chi connectivity index (χ0n) is 23.8. The Labute approximate surface area is 232 Å². The second kappa shape index (κ2) is 12.0. The molecule has 39 heavy (non-hydrogen) atoms. The first-order valence-corrected chi connectivity index (χ1v) is 13.6. The maximum Gasteiger partial charge on any atom is 0.329 e. The molecule has 0 saturated carbocycles. The van der Waals surface area contributed by atoms with Crippen LogP contribution >= 0.6 is 0 Å². The van der Waals surface area contributed by atoms with E-state index in [1.54, 1.807) is 0 Å². The van der Waals surface area contributed by atoms with E-state index in [0.717, 1.165) is 22.4 Å². The smallest absolute Gasteiger partial charge is 0.329 e. The van der Waals surface area contributed by atoms with E-state index >= 15 is 0 Å². The number of carbonyl (C=O) groups excluding carboxylic acids is 2. The number of para-hydroxylation sites is 1. The van der Waals surface area contributed by atoms with Crippen molar-refractivity contribution in [2.45, 2.75) is 71.5 Å². The summed E-state index contributed by atoms with van der Waals surface area (Å²) < 4.78 is 11.6. The van der Waals surface area contributed by atoms with Gasteiger partial charge in [-0.05, 0) is 49.4 Å². The van der Waals surface area contributed by atoms with E-state index in [1.165, 1.54) is 0 Å². The number of hydrogen-bond donors (Lipinski definition) is 0. The maximum absolute atomic E-state index is 13.4. The molecule has 6 heteroatoms. The SMILES string of the molecule is CC(C)[C@@H](C(=O)OCc1ccccc1)N(C)c1ccccc1C1[C@@H](C(=O)OC(C)(C)C)N1Cc1ccccc1. The summed E-state index contributed by atoms with van der Waals surface area (Å²) in [5.41, 5.74) is 3.40. The van der Waals surface area contributed by atoms with Crippen molar-refractivity contribution in [1.82, 2.24) is 4.90 Å². The van der Waals surface area contributed by atoms with Gasteiger partial charge in [-0.2, -0.15) is 0 Å². The lowest BCUT2D eigenvalue weighted by Gasteiger charge is -2.32. The lowest BCUT2D eigenvalue weighted by Crippen LogP contribution is -2.44. The van der Waals surface area contributed by atoms with Gasteiger partial charge >= 0.3 is 11.9 Å². The number of likely N-dealkylation sites (N-methyl/N-ethyl adjacent to an activating group) is 1. The van der Waals surface area contributed by atoms with Crippen LogP contribution in [0.4, 0.5) is 5.69 Å². The first-order chi connectivity index (χ1) is 18.6. The molecule has 1 saturated heterocycles. The molecule has 4 atom stereocenters. The van der Waals surface area contributed by atoms with Gasteiger partial charge in [0.25, 0.3) is 0 Å². The van der Waals surface area contributed by atoms with Crippen LogP contribution in [-0.2, 0) is 32.2 Å². The zero-order valence-corrected chi connectivity index (χ0v) is 23.8. The number of rotatable bonds is 10. The molecule has 1 heterocycles. The Morgan fingerprint density at radius 1 is 0.872 bits per heavy atom. The van der Waals surface area contributed by atoms with E-state index in [4.69, 9.17) is 9.47 Å². The molecule has 6 nitrogen and oxygen atoms in total. The van der Waals surface area contributed by atoms with Crippen LogP contribution in [-0.4, -0.2) is 41.6 Å². The fraction of sp³-hybridized carbons (Fsp3) is 0.394. The summed E-state index contributed by atoms with van der Waals surface area (Å²) in [5, 5.41) is 0. The second-order valence-corrected chi connectivity index (χ2v) is 11.5.